The Labute approximate surface area is 113 Å². The summed E-state index contributed by atoms with van der Waals surface area (Å²) in [5, 5.41) is -0.0577. The van der Waals surface area contributed by atoms with Crippen molar-refractivity contribution in [2.45, 2.75) is 18.7 Å². The molecule has 0 saturated heterocycles. The lowest BCUT2D eigenvalue weighted by Crippen LogP contribution is -1.96. The first-order valence-corrected chi connectivity index (χ1v) is 6.77. The zero-order valence-corrected chi connectivity index (χ0v) is 11.1. The molecule has 0 fully saturated rings. The Morgan fingerprint density at radius 1 is 0.944 bits per heavy atom. The minimum atomic E-state index is -0.0577. The maximum atomic E-state index is 6.67. The van der Waals surface area contributed by atoms with Gasteiger partial charge in [0.05, 0.1) is 5.38 Å². The molecule has 18 heavy (non-hydrogen) atoms. The fourth-order valence-corrected chi connectivity index (χ4v) is 3.00. The SMILES string of the molecule is CCC1=Cc2ccccc2C(Cl)c2ccccc21. The first-order chi connectivity index (χ1) is 8.81. The van der Waals surface area contributed by atoms with Crippen LogP contribution in [0.2, 0.25) is 0 Å². The maximum absolute atomic E-state index is 6.67. The highest BCUT2D eigenvalue weighted by Gasteiger charge is 2.21. The molecule has 0 bridgehead atoms. The van der Waals surface area contributed by atoms with E-state index in [-0.39, 0.29) is 5.38 Å². The van der Waals surface area contributed by atoms with Crippen LogP contribution in [0.3, 0.4) is 0 Å². The number of alkyl halides is 1. The van der Waals surface area contributed by atoms with E-state index in [0.717, 1.165) is 6.42 Å². The molecule has 90 valence electrons. The minimum absolute atomic E-state index is 0.0577. The van der Waals surface area contributed by atoms with Crippen molar-refractivity contribution >= 4 is 23.3 Å². The van der Waals surface area contributed by atoms with Crippen molar-refractivity contribution in [3.05, 3.63) is 70.8 Å². The van der Waals surface area contributed by atoms with Crippen molar-refractivity contribution in [3.8, 4) is 0 Å². The van der Waals surface area contributed by atoms with Gasteiger partial charge < -0.3 is 0 Å². The third-order valence-corrected chi connectivity index (χ3v) is 4.03. The van der Waals surface area contributed by atoms with Crippen molar-refractivity contribution in [1.29, 1.82) is 0 Å². The number of allylic oxidation sites excluding steroid dienone is 1. The van der Waals surface area contributed by atoms with Gasteiger partial charge in [0.15, 0.2) is 0 Å². The van der Waals surface area contributed by atoms with Gasteiger partial charge in [-0.25, -0.2) is 0 Å². The van der Waals surface area contributed by atoms with Gasteiger partial charge in [-0.3, -0.25) is 0 Å². The first kappa shape index (κ1) is 11.6. The smallest absolute Gasteiger partial charge is 0.0847 e. The third-order valence-electron chi connectivity index (χ3n) is 3.56. The third kappa shape index (κ3) is 1.77. The fraction of sp³-hybridized carbons (Fsp3) is 0.176. The van der Waals surface area contributed by atoms with Gasteiger partial charge in [0.25, 0.3) is 0 Å². The van der Waals surface area contributed by atoms with Crippen LogP contribution in [-0.4, -0.2) is 0 Å². The Morgan fingerprint density at radius 3 is 2.39 bits per heavy atom. The standard InChI is InChI=1S/C17H15Cl/c1-2-12-11-13-7-3-4-9-15(13)17(18)16-10-6-5-8-14(12)16/h3-11,17H,2H2,1H3. The molecule has 2 aromatic rings. The van der Waals surface area contributed by atoms with E-state index in [1.54, 1.807) is 0 Å². The van der Waals surface area contributed by atoms with Crippen LogP contribution in [0.25, 0.3) is 11.6 Å². The van der Waals surface area contributed by atoms with Gasteiger partial charge >= 0.3 is 0 Å². The highest BCUT2D eigenvalue weighted by molar-refractivity contribution is 6.23. The Kier molecular flexibility index (Phi) is 2.97. The first-order valence-electron chi connectivity index (χ1n) is 6.34. The summed E-state index contributed by atoms with van der Waals surface area (Å²) in [6.45, 7) is 2.19. The second kappa shape index (κ2) is 4.62. The lowest BCUT2D eigenvalue weighted by Gasteiger charge is -2.14. The zero-order valence-electron chi connectivity index (χ0n) is 10.4. The summed E-state index contributed by atoms with van der Waals surface area (Å²) >= 11 is 6.67. The maximum Gasteiger partial charge on any atom is 0.0847 e. The van der Waals surface area contributed by atoms with Crippen molar-refractivity contribution < 1.29 is 0 Å². The predicted octanol–water partition coefficient (Wildman–Crippen LogP) is 5.28. The van der Waals surface area contributed by atoms with Gasteiger partial charge in [0.1, 0.15) is 0 Å². The summed E-state index contributed by atoms with van der Waals surface area (Å²) in [6.07, 6.45) is 3.30. The molecule has 1 unspecified atom stereocenters. The Bertz CT molecular complexity index is 611. The molecular weight excluding hydrogens is 240 g/mol. The number of fused-ring (bicyclic) bond motifs is 2. The molecule has 0 saturated carbocycles. The predicted molar refractivity (Wildman–Crippen MR) is 78.7 cm³/mol. The molecule has 0 spiro atoms. The molecule has 3 rings (SSSR count). The van der Waals surface area contributed by atoms with Crippen LogP contribution in [0.1, 0.15) is 41.0 Å². The van der Waals surface area contributed by atoms with Gasteiger partial charge in [-0.05, 0) is 34.2 Å². The molecule has 2 aromatic carbocycles. The van der Waals surface area contributed by atoms with Crippen LogP contribution in [0.5, 0.6) is 0 Å². The highest BCUT2D eigenvalue weighted by atomic mass is 35.5. The summed E-state index contributed by atoms with van der Waals surface area (Å²) in [7, 11) is 0. The van der Waals surface area contributed by atoms with Crippen molar-refractivity contribution in [1.82, 2.24) is 0 Å². The van der Waals surface area contributed by atoms with Gasteiger partial charge in [0.2, 0.25) is 0 Å². The van der Waals surface area contributed by atoms with E-state index in [9.17, 15) is 0 Å². The normalized spacial score (nSPS) is 17.4. The van der Waals surface area contributed by atoms with E-state index in [1.165, 1.54) is 27.8 Å². The molecule has 0 aromatic heterocycles. The van der Waals surface area contributed by atoms with Crippen LogP contribution in [0, 0.1) is 0 Å². The molecule has 0 N–H and O–H groups in total. The Hall–Kier alpha value is -1.53. The molecule has 0 amide bonds. The van der Waals surface area contributed by atoms with Crippen LogP contribution in [0.15, 0.2) is 48.5 Å². The van der Waals surface area contributed by atoms with E-state index in [4.69, 9.17) is 11.6 Å². The molecule has 0 heterocycles. The summed E-state index contributed by atoms with van der Waals surface area (Å²) < 4.78 is 0. The van der Waals surface area contributed by atoms with E-state index in [0.29, 0.717) is 0 Å². The fourth-order valence-electron chi connectivity index (χ4n) is 2.61. The molecule has 0 nitrogen and oxygen atoms in total. The number of rotatable bonds is 1. The summed E-state index contributed by atoms with van der Waals surface area (Å²) in [5.74, 6) is 0. The van der Waals surface area contributed by atoms with Gasteiger partial charge in [-0.1, -0.05) is 61.5 Å². The minimum Gasteiger partial charge on any atom is -0.113 e. The van der Waals surface area contributed by atoms with Crippen LogP contribution >= 0.6 is 11.6 Å². The van der Waals surface area contributed by atoms with Gasteiger partial charge in [0, 0.05) is 0 Å². The molecule has 1 aliphatic rings. The average molecular weight is 255 g/mol. The Morgan fingerprint density at radius 2 is 1.61 bits per heavy atom. The van der Waals surface area contributed by atoms with E-state index in [2.05, 4.69) is 61.5 Å². The lowest BCUT2D eigenvalue weighted by atomic mass is 9.96. The molecular formula is C17H15Cl. The average Bonchev–Trinajstić information content (AvgIpc) is 2.55. The molecule has 1 atom stereocenters. The summed E-state index contributed by atoms with van der Waals surface area (Å²) in [5.41, 5.74) is 6.32. The zero-order chi connectivity index (χ0) is 12.5. The number of hydrogen-bond acceptors (Lipinski definition) is 0. The highest BCUT2D eigenvalue weighted by Crippen LogP contribution is 2.40. The van der Waals surface area contributed by atoms with Crippen molar-refractivity contribution in [2.75, 3.05) is 0 Å². The molecule has 0 aliphatic heterocycles. The van der Waals surface area contributed by atoms with E-state index in [1.807, 2.05) is 0 Å². The van der Waals surface area contributed by atoms with Crippen LogP contribution in [0.4, 0.5) is 0 Å². The van der Waals surface area contributed by atoms with Crippen LogP contribution in [-0.2, 0) is 0 Å². The Balaban J connectivity index is 2.31. The lowest BCUT2D eigenvalue weighted by molar-refractivity contribution is 1.12. The molecule has 1 aliphatic carbocycles. The summed E-state index contributed by atoms with van der Waals surface area (Å²) in [4.78, 5) is 0. The topological polar surface area (TPSA) is 0 Å². The summed E-state index contributed by atoms with van der Waals surface area (Å²) in [6, 6.07) is 16.9. The quantitative estimate of drug-likeness (QED) is 0.608. The second-order valence-corrected chi connectivity index (χ2v) is 5.04. The molecule has 0 radical (unpaired) electrons. The van der Waals surface area contributed by atoms with Crippen molar-refractivity contribution in [3.63, 3.8) is 0 Å². The van der Waals surface area contributed by atoms with E-state index >= 15 is 0 Å². The number of halogens is 1. The van der Waals surface area contributed by atoms with E-state index < -0.39 is 0 Å². The molecule has 1 heteroatoms. The largest absolute Gasteiger partial charge is 0.113 e. The van der Waals surface area contributed by atoms with Crippen molar-refractivity contribution in [2.24, 2.45) is 0 Å². The number of hydrogen-bond donors (Lipinski definition) is 0. The van der Waals surface area contributed by atoms with Gasteiger partial charge in [-0.2, -0.15) is 0 Å². The second-order valence-electron chi connectivity index (χ2n) is 4.60. The van der Waals surface area contributed by atoms with Crippen LogP contribution < -0.4 is 0 Å². The monoisotopic (exact) mass is 254 g/mol. The van der Waals surface area contributed by atoms with Gasteiger partial charge in [-0.15, -0.1) is 11.6 Å². The number of benzene rings is 2.